The van der Waals surface area contributed by atoms with E-state index < -0.39 is 5.97 Å². The molecule has 1 saturated heterocycles. The number of carbonyl (C=O) groups is 1. The number of ether oxygens (including phenoxy) is 1. The molecule has 1 aliphatic heterocycles. The summed E-state index contributed by atoms with van der Waals surface area (Å²) in [5, 5.41) is 8.51. The van der Waals surface area contributed by atoms with Crippen molar-refractivity contribution in [1.82, 2.24) is 0 Å². The Morgan fingerprint density at radius 1 is 1.00 bits per heavy atom. The van der Waals surface area contributed by atoms with Gasteiger partial charge in [0.2, 0.25) is 0 Å². The lowest BCUT2D eigenvalue weighted by atomic mass is 10.1. The topological polar surface area (TPSA) is 49.8 Å². The van der Waals surface area contributed by atoms with E-state index in [0.717, 1.165) is 44.9 Å². The van der Waals surface area contributed by atoms with Gasteiger partial charge in [-0.25, -0.2) is 0 Å². The normalized spacial score (nSPS) is 21.4. The van der Waals surface area contributed by atoms with Crippen LogP contribution in [-0.4, -0.2) is 23.3 Å². The second kappa shape index (κ2) is 11.6. The van der Waals surface area contributed by atoms with Crippen molar-refractivity contribution in [2.45, 2.75) is 83.3 Å². The number of carboxylic acid groups (broad SMARTS) is 1. The van der Waals surface area contributed by atoms with Crippen molar-refractivity contribution in [2.24, 2.45) is 0 Å². The van der Waals surface area contributed by atoms with Gasteiger partial charge in [-0.1, -0.05) is 50.5 Å². The van der Waals surface area contributed by atoms with E-state index in [9.17, 15) is 4.79 Å². The minimum atomic E-state index is -0.676. The smallest absolute Gasteiger partial charge is 0.303 e. The molecule has 21 heavy (non-hydrogen) atoms. The average molecular weight is 294 g/mol. The number of hydrogen-bond acceptors (Lipinski definition) is 2. The molecule has 0 radical (unpaired) electrons. The third kappa shape index (κ3) is 10.3. The van der Waals surface area contributed by atoms with E-state index in [1.54, 1.807) is 0 Å². The van der Waals surface area contributed by atoms with Crippen molar-refractivity contribution >= 4 is 5.97 Å². The number of aliphatic carboxylic acids is 1. The first kappa shape index (κ1) is 18.0. The van der Waals surface area contributed by atoms with E-state index in [0.29, 0.717) is 18.6 Å². The molecule has 3 nitrogen and oxygen atoms in total. The van der Waals surface area contributed by atoms with Gasteiger partial charge in [-0.3, -0.25) is 4.79 Å². The Morgan fingerprint density at radius 3 is 2.43 bits per heavy atom. The van der Waals surface area contributed by atoms with Crippen LogP contribution in [0.4, 0.5) is 0 Å². The van der Waals surface area contributed by atoms with E-state index >= 15 is 0 Å². The summed E-state index contributed by atoms with van der Waals surface area (Å²) in [6, 6.07) is 0. The molecule has 3 heteroatoms. The van der Waals surface area contributed by atoms with Gasteiger partial charge in [-0.2, -0.15) is 0 Å². The quantitative estimate of drug-likeness (QED) is 0.299. The van der Waals surface area contributed by atoms with Gasteiger partial charge in [0.05, 0.1) is 12.2 Å². The van der Waals surface area contributed by atoms with E-state index in [4.69, 9.17) is 9.84 Å². The van der Waals surface area contributed by atoms with E-state index in [1.165, 1.54) is 12.8 Å². The molecule has 2 atom stereocenters. The van der Waals surface area contributed by atoms with Crippen molar-refractivity contribution in [3.05, 3.63) is 24.3 Å². The molecule has 1 aliphatic rings. The van der Waals surface area contributed by atoms with Gasteiger partial charge in [-0.15, -0.1) is 0 Å². The molecule has 0 spiro atoms. The number of rotatable bonds is 13. The molecule has 0 aromatic carbocycles. The van der Waals surface area contributed by atoms with Crippen LogP contribution >= 0.6 is 0 Å². The summed E-state index contributed by atoms with van der Waals surface area (Å²) in [7, 11) is 0. The zero-order valence-corrected chi connectivity index (χ0v) is 13.3. The summed E-state index contributed by atoms with van der Waals surface area (Å²) in [4.78, 5) is 10.3. The second-order valence-electron chi connectivity index (χ2n) is 5.74. The highest BCUT2D eigenvalue weighted by atomic mass is 16.6. The van der Waals surface area contributed by atoms with Crippen LogP contribution in [-0.2, 0) is 9.53 Å². The maximum absolute atomic E-state index is 10.3. The standard InChI is InChI=1S/C18H30O3/c1-2-16-17(21-16)14-12-10-8-6-4-3-5-7-9-11-13-15-18(19)20/h4,6,10,12,16-17H,2-3,5,7-9,11,13-15H2,1H3,(H,19,20)/b6-4+,12-10-. The van der Waals surface area contributed by atoms with Crippen LogP contribution in [0.5, 0.6) is 0 Å². The summed E-state index contributed by atoms with van der Waals surface area (Å²) in [5.41, 5.74) is 0. The molecule has 1 rings (SSSR count). The van der Waals surface area contributed by atoms with Gasteiger partial charge in [0.1, 0.15) is 0 Å². The molecular weight excluding hydrogens is 264 g/mol. The summed E-state index contributed by atoms with van der Waals surface area (Å²) in [5.74, 6) is -0.676. The van der Waals surface area contributed by atoms with Crippen LogP contribution in [0, 0.1) is 0 Å². The third-order valence-electron chi connectivity index (χ3n) is 3.83. The first-order valence-corrected chi connectivity index (χ1v) is 8.41. The second-order valence-corrected chi connectivity index (χ2v) is 5.74. The van der Waals surface area contributed by atoms with Gasteiger partial charge < -0.3 is 9.84 Å². The summed E-state index contributed by atoms with van der Waals surface area (Å²) < 4.78 is 5.48. The van der Waals surface area contributed by atoms with Crippen LogP contribution in [0.25, 0.3) is 0 Å². The highest BCUT2D eigenvalue weighted by Gasteiger charge is 2.35. The summed E-state index contributed by atoms with van der Waals surface area (Å²) >= 11 is 0. The van der Waals surface area contributed by atoms with E-state index in [2.05, 4.69) is 31.2 Å². The largest absolute Gasteiger partial charge is 0.481 e. The molecule has 0 aromatic rings. The van der Waals surface area contributed by atoms with Crippen LogP contribution in [0.3, 0.4) is 0 Å². The van der Waals surface area contributed by atoms with Crippen LogP contribution in [0.1, 0.15) is 71.1 Å². The summed E-state index contributed by atoms with van der Waals surface area (Å²) in [6.45, 7) is 2.17. The number of hydrogen-bond donors (Lipinski definition) is 1. The number of unbranched alkanes of at least 4 members (excludes halogenated alkanes) is 5. The predicted molar refractivity (Wildman–Crippen MR) is 86.4 cm³/mol. The molecule has 2 unspecified atom stereocenters. The summed E-state index contributed by atoms with van der Waals surface area (Å²) in [6.07, 6.45) is 20.0. The van der Waals surface area contributed by atoms with E-state index in [1.807, 2.05) is 0 Å². The Labute approximate surface area is 129 Å². The van der Waals surface area contributed by atoms with Crippen molar-refractivity contribution in [1.29, 1.82) is 0 Å². The number of allylic oxidation sites excluding steroid dienone is 3. The number of epoxide rings is 1. The Bertz CT molecular complexity index is 333. The van der Waals surface area contributed by atoms with E-state index in [-0.39, 0.29) is 0 Å². The molecule has 0 bridgehead atoms. The molecule has 0 amide bonds. The fraction of sp³-hybridized carbons (Fsp3) is 0.722. The highest BCUT2D eigenvalue weighted by Crippen LogP contribution is 2.28. The van der Waals surface area contributed by atoms with Gasteiger partial charge >= 0.3 is 5.97 Å². The van der Waals surface area contributed by atoms with Crippen LogP contribution in [0.2, 0.25) is 0 Å². The molecular formula is C18H30O3. The predicted octanol–water partition coefficient (Wildman–Crippen LogP) is 4.87. The van der Waals surface area contributed by atoms with Crippen molar-refractivity contribution in [2.75, 3.05) is 0 Å². The first-order chi connectivity index (χ1) is 10.2. The molecule has 1 heterocycles. The highest BCUT2D eigenvalue weighted by molar-refractivity contribution is 5.66. The molecule has 1 N–H and O–H groups in total. The maximum Gasteiger partial charge on any atom is 0.303 e. The lowest BCUT2D eigenvalue weighted by Crippen LogP contribution is -1.93. The Hall–Kier alpha value is -1.09. The maximum atomic E-state index is 10.3. The fourth-order valence-electron chi connectivity index (χ4n) is 2.43. The fourth-order valence-corrected chi connectivity index (χ4v) is 2.43. The molecule has 120 valence electrons. The SMILES string of the molecule is CCC1OC1C/C=C\C/C=C/CCCCCCCC(=O)O. The minimum Gasteiger partial charge on any atom is -0.481 e. The molecule has 0 aromatic heterocycles. The zero-order chi connectivity index (χ0) is 15.3. The van der Waals surface area contributed by atoms with Crippen LogP contribution in [0.15, 0.2) is 24.3 Å². The lowest BCUT2D eigenvalue weighted by Gasteiger charge is -1.98. The van der Waals surface area contributed by atoms with Crippen LogP contribution < -0.4 is 0 Å². The Morgan fingerprint density at radius 2 is 1.71 bits per heavy atom. The van der Waals surface area contributed by atoms with Gasteiger partial charge in [0.25, 0.3) is 0 Å². The third-order valence-corrected chi connectivity index (χ3v) is 3.83. The first-order valence-electron chi connectivity index (χ1n) is 8.41. The Balaban J connectivity index is 1.80. The minimum absolute atomic E-state index is 0.317. The van der Waals surface area contributed by atoms with Gasteiger partial charge in [0.15, 0.2) is 0 Å². The molecule has 1 fully saturated rings. The van der Waals surface area contributed by atoms with Crippen molar-refractivity contribution in [3.8, 4) is 0 Å². The Kier molecular flexibility index (Phi) is 9.88. The van der Waals surface area contributed by atoms with Crippen molar-refractivity contribution in [3.63, 3.8) is 0 Å². The molecule has 0 aliphatic carbocycles. The van der Waals surface area contributed by atoms with Gasteiger partial charge in [-0.05, 0) is 38.5 Å². The van der Waals surface area contributed by atoms with Crippen molar-refractivity contribution < 1.29 is 14.6 Å². The zero-order valence-electron chi connectivity index (χ0n) is 13.3. The number of carboxylic acids is 1. The average Bonchev–Trinajstić information content (AvgIpc) is 3.22. The monoisotopic (exact) mass is 294 g/mol. The lowest BCUT2D eigenvalue weighted by molar-refractivity contribution is -0.137. The molecule has 0 saturated carbocycles. The van der Waals surface area contributed by atoms with Gasteiger partial charge in [0, 0.05) is 6.42 Å².